The number of benzene rings is 2. The van der Waals surface area contributed by atoms with Crippen LogP contribution < -0.4 is 10.1 Å². The number of hydrogen-bond donors (Lipinski definition) is 1. The lowest BCUT2D eigenvalue weighted by Gasteiger charge is -2.19. The van der Waals surface area contributed by atoms with Crippen molar-refractivity contribution in [3.63, 3.8) is 0 Å². The second-order valence-electron chi connectivity index (χ2n) is 7.33. The Hall–Kier alpha value is -2.91. The summed E-state index contributed by atoms with van der Waals surface area (Å²) in [5.41, 5.74) is 1.52. The van der Waals surface area contributed by atoms with Crippen molar-refractivity contribution in [3.05, 3.63) is 53.6 Å². The molecule has 0 unspecified atom stereocenters. The van der Waals surface area contributed by atoms with Gasteiger partial charge in [-0.05, 0) is 56.5 Å². The summed E-state index contributed by atoms with van der Waals surface area (Å²) in [7, 11) is -2.44. The molecule has 31 heavy (non-hydrogen) atoms. The summed E-state index contributed by atoms with van der Waals surface area (Å²) in [6, 6.07) is 11.3. The zero-order valence-electron chi connectivity index (χ0n) is 17.8. The van der Waals surface area contributed by atoms with Crippen LogP contribution in [0.25, 0.3) is 0 Å². The lowest BCUT2D eigenvalue weighted by Crippen LogP contribution is -2.30. The largest absolute Gasteiger partial charge is 0.495 e. The number of amides is 1. The molecule has 1 heterocycles. The molecule has 0 radical (unpaired) electrons. The number of ether oxygens (including phenoxy) is 2. The van der Waals surface area contributed by atoms with Gasteiger partial charge in [-0.2, -0.15) is 4.31 Å². The molecule has 1 amide bonds. The molecule has 1 aliphatic heterocycles. The van der Waals surface area contributed by atoms with Crippen LogP contribution in [0, 0.1) is 6.92 Å². The molecule has 2 aromatic rings. The number of nitrogens with one attached hydrogen (secondary N) is 1. The minimum Gasteiger partial charge on any atom is -0.495 e. The Bertz CT molecular complexity index is 1080. The van der Waals surface area contributed by atoms with Crippen molar-refractivity contribution in [2.75, 3.05) is 25.5 Å². The van der Waals surface area contributed by atoms with E-state index in [-0.39, 0.29) is 16.2 Å². The van der Waals surface area contributed by atoms with Gasteiger partial charge < -0.3 is 14.8 Å². The molecule has 1 aliphatic rings. The molecule has 1 saturated heterocycles. The van der Waals surface area contributed by atoms with E-state index < -0.39 is 28.0 Å². The van der Waals surface area contributed by atoms with E-state index in [1.807, 2.05) is 19.1 Å². The van der Waals surface area contributed by atoms with E-state index in [9.17, 15) is 18.0 Å². The third-order valence-electron chi connectivity index (χ3n) is 5.14. The normalized spacial score (nSPS) is 15.3. The van der Waals surface area contributed by atoms with E-state index in [1.54, 1.807) is 12.1 Å². The third kappa shape index (κ3) is 5.05. The first-order valence-electron chi connectivity index (χ1n) is 9.99. The average Bonchev–Trinajstić information content (AvgIpc) is 3.30. The van der Waals surface area contributed by atoms with E-state index in [0.29, 0.717) is 18.8 Å². The van der Waals surface area contributed by atoms with Gasteiger partial charge in [-0.15, -0.1) is 0 Å². The van der Waals surface area contributed by atoms with Gasteiger partial charge in [0, 0.05) is 18.8 Å². The Morgan fingerprint density at radius 2 is 1.77 bits per heavy atom. The summed E-state index contributed by atoms with van der Waals surface area (Å²) in [5.74, 6) is -1.14. The smallest absolute Gasteiger partial charge is 0.338 e. The molecular weight excluding hydrogens is 420 g/mol. The topological polar surface area (TPSA) is 102 Å². The lowest BCUT2D eigenvalue weighted by atomic mass is 10.2. The molecular formula is C22H26N2O6S. The molecule has 8 nitrogen and oxygen atoms in total. The number of methoxy groups -OCH3 is 1. The molecule has 2 aromatic carbocycles. The van der Waals surface area contributed by atoms with Crippen molar-refractivity contribution < 1.29 is 27.5 Å². The summed E-state index contributed by atoms with van der Waals surface area (Å²) in [5, 5.41) is 2.72. The fourth-order valence-corrected chi connectivity index (χ4v) is 5.00. The Morgan fingerprint density at radius 3 is 2.42 bits per heavy atom. The van der Waals surface area contributed by atoms with Gasteiger partial charge in [-0.1, -0.05) is 18.2 Å². The maximum absolute atomic E-state index is 13.0. The number of hydrogen-bond acceptors (Lipinski definition) is 6. The van der Waals surface area contributed by atoms with Crippen LogP contribution in [0.4, 0.5) is 5.69 Å². The zero-order chi connectivity index (χ0) is 22.6. The monoisotopic (exact) mass is 446 g/mol. The fraction of sp³-hybridized carbons (Fsp3) is 0.364. The van der Waals surface area contributed by atoms with Gasteiger partial charge >= 0.3 is 5.97 Å². The van der Waals surface area contributed by atoms with Crippen molar-refractivity contribution in [1.82, 2.24) is 4.31 Å². The van der Waals surface area contributed by atoms with Crippen molar-refractivity contribution in [2.45, 2.75) is 37.7 Å². The van der Waals surface area contributed by atoms with E-state index >= 15 is 0 Å². The van der Waals surface area contributed by atoms with Crippen molar-refractivity contribution in [3.8, 4) is 5.75 Å². The second kappa shape index (κ2) is 9.49. The van der Waals surface area contributed by atoms with Crippen LogP contribution >= 0.6 is 0 Å². The van der Waals surface area contributed by atoms with Gasteiger partial charge in [0.2, 0.25) is 10.0 Å². The lowest BCUT2D eigenvalue weighted by molar-refractivity contribution is -0.123. The number of sulfonamides is 1. The number of para-hydroxylation sites is 1. The van der Waals surface area contributed by atoms with Gasteiger partial charge in [0.05, 0.1) is 12.7 Å². The van der Waals surface area contributed by atoms with E-state index in [4.69, 9.17) is 9.47 Å². The van der Waals surface area contributed by atoms with E-state index in [0.717, 1.165) is 18.4 Å². The van der Waals surface area contributed by atoms with Gasteiger partial charge in [0.15, 0.2) is 6.10 Å². The summed E-state index contributed by atoms with van der Waals surface area (Å²) < 4.78 is 37.8. The van der Waals surface area contributed by atoms with Crippen LogP contribution in [-0.4, -0.2) is 50.9 Å². The predicted molar refractivity (Wildman–Crippen MR) is 116 cm³/mol. The number of carbonyl (C=O) groups excluding carboxylic acids is 2. The Kier molecular flexibility index (Phi) is 6.97. The molecule has 0 aliphatic carbocycles. The fourth-order valence-electron chi connectivity index (χ4n) is 3.30. The quantitative estimate of drug-likeness (QED) is 0.656. The third-order valence-corrected chi connectivity index (χ3v) is 7.06. The average molecular weight is 447 g/mol. The van der Waals surface area contributed by atoms with E-state index in [2.05, 4.69) is 5.32 Å². The standard InChI is InChI=1S/C22H26N2O6S/c1-15-8-4-5-9-18(15)23-21(25)16(2)30-22(26)17-10-11-19(29-3)20(14-17)31(27,28)24-12-6-7-13-24/h4-5,8-11,14,16H,6-7,12-13H2,1-3H3,(H,23,25)/t16-/m1/s1. The number of anilines is 1. The molecule has 1 N–H and O–H groups in total. The first kappa shape index (κ1) is 22.8. The highest BCUT2D eigenvalue weighted by molar-refractivity contribution is 7.89. The highest BCUT2D eigenvalue weighted by atomic mass is 32.2. The SMILES string of the molecule is COc1ccc(C(=O)O[C@H](C)C(=O)Nc2ccccc2C)cc1S(=O)(=O)N1CCCC1. The minimum absolute atomic E-state index is 0.0223. The van der Waals surface area contributed by atoms with E-state index in [1.165, 1.54) is 36.5 Å². The number of carbonyl (C=O) groups is 2. The van der Waals surface area contributed by atoms with Crippen LogP contribution in [0.1, 0.15) is 35.7 Å². The predicted octanol–water partition coefficient (Wildman–Crippen LogP) is 2.97. The van der Waals surface area contributed by atoms with Gasteiger partial charge in [0.1, 0.15) is 10.6 Å². The maximum Gasteiger partial charge on any atom is 0.338 e. The zero-order valence-corrected chi connectivity index (χ0v) is 18.6. The van der Waals surface area contributed by atoms with Crippen LogP contribution in [0.5, 0.6) is 5.75 Å². The first-order chi connectivity index (χ1) is 14.7. The highest BCUT2D eigenvalue weighted by Crippen LogP contribution is 2.30. The molecule has 3 rings (SSSR count). The molecule has 0 spiro atoms. The summed E-state index contributed by atoms with van der Waals surface area (Å²) >= 11 is 0. The Balaban J connectivity index is 1.77. The van der Waals surface area contributed by atoms with Crippen molar-refractivity contribution in [1.29, 1.82) is 0 Å². The Morgan fingerprint density at radius 1 is 1.10 bits per heavy atom. The number of rotatable bonds is 7. The van der Waals surface area contributed by atoms with Gasteiger partial charge in [-0.3, -0.25) is 4.79 Å². The molecule has 0 bridgehead atoms. The number of aryl methyl sites for hydroxylation is 1. The van der Waals surface area contributed by atoms with Crippen LogP contribution in [0.15, 0.2) is 47.4 Å². The van der Waals surface area contributed by atoms with Crippen molar-refractivity contribution >= 4 is 27.6 Å². The number of esters is 1. The van der Waals surface area contributed by atoms with Gasteiger partial charge in [-0.25, -0.2) is 13.2 Å². The molecule has 0 saturated carbocycles. The highest BCUT2D eigenvalue weighted by Gasteiger charge is 2.31. The second-order valence-corrected chi connectivity index (χ2v) is 9.23. The molecule has 1 fully saturated rings. The summed E-state index contributed by atoms with van der Waals surface area (Å²) in [6.07, 6.45) is 0.501. The summed E-state index contributed by atoms with van der Waals surface area (Å²) in [6.45, 7) is 4.16. The minimum atomic E-state index is -3.81. The van der Waals surface area contributed by atoms with Crippen LogP contribution in [0.3, 0.4) is 0 Å². The molecule has 9 heteroatoms. The van der Waals surface area contributed by atoms with Crippen LogP contribution in [0.2, 0.25) is 0 Å². The van der Waals surface area contributed by atoms with Crippen LogP contribution in [-0.2, 0) is 19.6 Å². The first-order valence-corrected chi connectivity index (χ1v) is 11.4. The van der Waals surface area contributed by atoms with Gasteiger partial charge in [0.25, 0.3) is 5.91 Å². The summed E-state index contributed by atoms with van der Waals surface area (Å²) in [4.78, 5) is 25.0. The van der Waals surface area contributed by atoms with Crippen molar-refractivity contribution in [2.24, 2.45) is 0 Å². The molecule has 166 valence electrons. The Labute approximate surface area is 182 Å². The molecule has 0 aromatic heterocycles. The number of nitrogens with zero attached hydrogens (tertiary/aromatic N) is 1. The maximum atomic E-state index is 13.0. The molecule has 1 atom stereocenters.